The first-order valence-corrected chi connectivity index (χ1v) is 10.8. The Morgan fingerprint density at radius 2 is 1.93 bits per heavy atom. The van der Waals surface area contributed by atoms with Crippen LogP contribution in [0.1, 0.15) is 28.4 Å². The van der Waals surface area contributed by atoms with Gasteiger partial charge < -0.3 is 10.1 Å². The van der Waals surface area contributed by atoms with Gasteiger partial charge in [-0.3, -0.25) is 9.69 Å². The maximum Gasteiger partial charge on any atom is 0.251 e. The first kappa shape index (κ1) is 21.4. The van der Waals surface area contributed by atoms with Crippen LogP contribution in [0.5, 0.6) is 5.75 Å². The van der Waals surface area contributed by atoms with Gasteiger partial charge in [-0.1, -0.05) is 29.8 Å². The molecular weight excluding hydrogens is 404 g/mol. The number of nitrogens with one attached hydrogen (secondary N) is 1. The van der Waals surface area contributed by atoms with Gasteiger partial charge in [0.2, 0.25) is 0 Å². The second-order valence-electron chi connectivity index (χ2n) is 7.10. The van der Waals surface area contributed by atoms with Gasteiger partial charge in [-0.25, -0.2) is 0 Å². The molecule has 6 heteroatoms. The van der Waals surface area contributed by atoms with Crippen molar-refractivity contribution in [3.63, 3.8) is 0 Å². The van der Waals surface area contributed by atoms with E-state index in [-0.39, 0.29) is 12.0 Å². The number of carbonyl (C=O) groups is 1. The Kier molecular flexibility index (Phi) is 7.69. The summed E-state index contributed by atoms with van der Waals surface area (Å²) in [6.45, 7) is 4.11. The fourth-order valence-electron chi connectivity index (χ4n) is 3.02. The van der Waals surface area contributed by atoms with E-state index in [1.54, 1.807) is 35.6 Å². The van der Waals surface area contributed by atoms with Crippen molar-refractivity contribution in [1.29, 1.82) is 0 Å². The van der Waals surface area contributed by atoms with E-state index in [9.17, 15) is 4.79 Å². The summed E-state index contributed by atoms with van der Waals surface area (Å²) in [5.41, 5.74) is 3.06. The van der Waals surface area contributed by atoms with Crippen LogP contribution in [0.15, 0.2) is 65.4 Å². The van der Waals surface area contributed by atoms with E-state index in [0.29, 0.717) is 17.1 Å². The fourth-order valence-corrected chi connectivity index (χ4v) is 3.87. The molecule has 0 radical (unpaired) electrons. The number of rotatable bonds is 9. The van der Waals surface area contributed by atoms with Crippen LogP contribution in [-0.2, 0) is 13.1 Å². The summed E-state index contributed by atoms with van der Waals surface area (Å²) in [6.07, 6.45) is -0.156. The number of hydrogen-bond donors (Lipinski definition) is 1. The number of carbonyl (C=O) groups excluding carboxylic acids is 1. The van der Waals surface area contributed by atoms with E-state index in [0.717, 1.165) is 18.8 Å². The monoisotopic (exact) mass is 428 g/mol. The van der Waals surface area contributed by atoms with Gasteiger partial charge in [-0.2, -0.15) is 11.3 Å². The third-order valence-corrected chi connectivity index (χ3v) is 5.32. The minimum Gasteiger partial charge on any atom is -0.489 e. The first-order chi connectivity index (χ1) is 14.0. The number of halogens is 1. The molecule has 0 aliphatic heterocycles. The number of nitrogens with zero attached hydrogens (tertiary/aromatic N) is 1. The zero-order chi connectivity index (χ0) is 20.6. The third kappa shape index (κ3) is 6.89. The molecule has 0 fully saturated rings. The van der Waals surface area contributed by atoms with Gasteiger partial charge in [0, 0.05) is 23.7 Å². The SMILES string of the molecule is C[C@@H](CNC(=O)c1cccc(Cl)c1)Oc1cccc(CN(C)Cc2ccsc2)c1. The minimum atomic E-state index is -0.160. The minimum absolute atomic E-state index is 0.156. The van der Waals surface area contributed by atoms with E-state index in [1.165, 1.54) is 11.1 Å². The van der Waals surface area contributed by atoms with Crippen LogP contribution in [0.2, 0.25) is 5.02 Å². The van der Waals surface area contributed by atoms with E-state index >= 15 is 0 Å². The lowest BCUT2D eigenvalue weighted by molar-refractivity contribution is 0.0932. The van der Waals surface area contributed by atoms with Crippen LogP contribution in [0, 0.1) is 0 Å². The second kappa shape index (κ2) is 10.4. The molecular formula is C23H25ClN2O2S. The summed E-state index contributed by atoms with van der Waals surface area (Å²) in [4.78, 5) is 14.5. The smallest absolute Gasteiger partial charge is 0.251 e. The van der Waals surface area contributed by atoms with Crippen molar-refractivity contribution in [3.8, 4) is 5.75 Å². The zero-order valence-corrected chi connectivity index (χ0v) is 18.2. The van der Waals surface area contributed by atoms with E-state index < -0.39 is 0 Å². The van der Waals surface area contributed by atoms with E-state index in [1.807, 2.05) is 19.1 Å². The highest BCUT2D eigenvalue weighted by atomic mass is 35.5. The summed E-state index contributed by atoms with van der Waals surface area (Å²) in [5.74, 6) is 0.641. The first-order valence-electron chi connectivity index (χ1n) is 9.48. The van der Waals surface area contributed by atoms with Crippen molar-refractivity contribution in [3.05, 3.63) is 87.1 Å². The van der Waals surface area contributed by atoms with Gasteiger partial charge in [-0.15, -0.1) is 0 Å². The average Bonchev–Trinajstić information content (AvgIpc) is 3.19. The quantitative estimate of drug-likeness (QED) is 0.507. The predicted octanol–water partition coefficient (Wildman–Crippen LogP) is 5.23. The molecule has 3 rings (SSSR count). The molecule has 29 heavy (non-hydrogen) atoms. The highest BCUT2D eigenvalue weighted by Gasteiger charge is 2.10. The molecule has 1 heterocycles. The second-order valence-corrected chi connectivity index (χ2v) is 8.32. The molecule has 0 saturated heterocycles. The summed E-state index contributed by atoms with van der Waals surface area (Å²) in [5, 5.41) is 7.71. The molecule has 0 aliphatic rings. The largest absolute Gasteiger partial charge is 0.489 e. The lowest BCUT2D eigenvalue weighted by atomic mass is 10.2. The maximum atomic E-state index is 12.2. The zero-order valence-electron chi connectivity index (χ0n) is 16.6. The summed E-state index contributed by atoms with van der Waals surface area (Å²) in [7, 11) is 2.11. The third-order valence-electron chi connectivity index (χ3n) is 4.36. The van der Waals surface area contributed by atoms with Crippen LogP contribution < -0.4 is 10.1 Å². The van der Waals surface area contributed by atoms with Crippen molar-refractivity contribution >= 4 is 28.8 Å². The van der Waals surface area contributed by atoms with Crippen molar-refractivity contribution < 1.29 is 9.53 Å². The molecule has 4 nitrogen and oxygen atoms in total. The van der Waals surface area contributed by atoms with Crippen molar-refractivity contribution in [2.75, 3.05) is 13.6 Å². The topological polar surface area (TPSA) is 41.6 Å². The summed E-state index contributed by atoms with van der Waals surface area (Å²) >= 11 is 7.66. The predicted molar refractivity (Wildman–Crippen MR) is 120 cm³/mol. The van der Waals surface area contributed by atoms with Crippen molar-refractivity contribution in [2.24, 2.45) is 0 Å². The van der Waals surface area contributed by atoms with Gasteiger partial charge in [0.05, 0.1) is 6.54 Å². The Hall–Kier alpha value is -2.34. The Bertz CT molecular complexity index is 930. The average molecular weight is 429 g/mol. The number of ether oxygens (including phenoxy) is 1. The normalized spacial score (nSPS) is 12.0. The Morgan fingerprint density at radius 3 is 2.69 bits per heavy atom. The Balaban J connectivity index is 1.49. The molecule has 0 bridgehead atoms. The van der Waals surface area contributed by atoms with Crippen molar-refractivity contribution in [2.45, 2.75) is 26.1 Å². The van der Waals surface area contributed by atoms with Crippen LogP contribution in [0.3, 0.4) is 0 Å². The van der Waals surface area contributed by atoms with Gasteiger partial charge >= 0.3 is 0 Å². The Labute approximate surface area is 181 Å². The molecule has 0 unspecified atom stereocenters. The highest BCUT2D eigenvalue weighted by molar-refractivity contribution is 7.07. The molecule has 1 N–H and O–H groups in total. The molecule has 3 aromatic rings. The molecule has 1 aromatic heterocycles. The lowest BCUT2D eigenvalue weighted by Crippen LogP contribution is -2.33. The van der Waals surface area contributed by atoms with Crippen LogP contribution in [0.4, 0.5) is 0 Å². The fraction of sp³-hybridized carbons (Fsp3) is 0.261. The van der Waals surface area contributed by atoms with E-state index in [2.05, 4.69) is 46.2 Å². The Morgan fingerprint density at radius 1 is 1.14 bits per heavy atom. The summed E-state index contributed by atoms with van der Waals surface area (Å²) in [6, 6.07) is 17.1. The highest BCUT2D eigenvalue weighted by Crippen LogP contribution is 2.17. The van der Waals surface area contributed by atoms with Crippen LogP contribution in [0.25, 0.3) is 0 Å². The van der Waals surface area contributed by atoms with Gasteiger partial charge in [0.15, 0.2) is 0 Å². The maximum absolute atomic E-state index is 12.2. The standard InChI is InChI=1S/C23H25ClN2O2S/c1-17(13-25-23(27)20-6-4-7-21(24)12-20)28-22-8-3-5-18(11-22)14-26(2)15-19-9-10-29-16-19/h3-12,16-17H,13-15H2,1-2H3,(H,25,27)/t17-/m0/s1. The van der Waals surface area contributed by atoms with Crippen LogP contribution >= 0.6 is 22.9 Å². The number of thiophene rings is 1. The molecule has 152 valence electrons. The van der Waals surface area contributed by atoms with Crippen LogP contribution in [-0.4, -0.2) is 30.5 Å². The number of benzene rings is 2. The van der Waals surface area contributed by atoms with Gasteiger partial charge in [0.1, 0.15) is 11.9 Å². The van der Waals surface area contributed by atoms with E-state index in [4.69, 9.17) is 16.3 Å². The van der Waals surface area contributed by atoms with Crippen molar-refractivity contribution in [1.82, 2.24) is 10.2 Å². The molecule has 1 amide bonds. The molecule has 2 aromatic carbocycles. The molecule has 0 saturated carbocycles. The molecule has 0 spiro atoms. The summed E-state index contributed by atoms with van der Waals surface area (Å²) < 4.78 is 5.99. The van der Waals surface area contributed by atoms with Gasteiger partial charge in [-0.05, 0) is 72.3 Å². The van der Waals surface area contributed by atoms with Gasteiger partial charge in [0.25, 0.3) is 5.91 Å². The molecule has 1 atom stereocenters. The lowest BCUT2D eigenvalue weighted by Gasteiger charge is -2.18. The number of amides is 1. The molecule has 0 aliphatic carbocycles. The number of hydrogen-bond acceptors (Lipinski definition) is 4.